The Morgan fingerprint density at radius 3 is 1.89 bits per heavy atom. The van der Waals surface area contributed by atoms with Crippen LogP contribution in [0.4, 0.5) is 22.7 Å². The van der Waals surface area contributed by atoms with E-state index < -0.39 is 0 Å². The molecule has 5 nitrogen and oxygen atoms in total. The van der Waals surface area contributed by atoms with Crippen molar-refractivity contribution in [3.8, 4) is 39.6 Å². The molecular formula is C56H47N4OPt-3. The van der Waals surface area contributed by atoms with Gasteiger partial charge in [-0.25, -0.2) is 4.98 Å². The molecule has 0 spiro atoms. The number of aromatic nitrogens is 2. The molecule has 0 saturated heterocycles. The molecule has 0 fully saturated rings. The molecule has 310 valence electrons. The zero-order valence-corrected chi connectivity index (χ0v) is 37.6. The number of rotatable bonds is 7. The van der Waals surface area contributed by atoms with E-state index in [1.807, 2.05) is 84.9 Å². The van der Waals surface area contributed by atoms with Crippen molar-refractivity contribution in [3.05, 3.63) is 200 Å². The summed E-state index contributed by atoms with van der Waals surface area (Å²) in [6, 6.07) is 50.9. The van der Waals surface area contributed by atoms with E-state index in [0.29, 0.717) is 45.2 Å². The van der Waals surface area contributed by atoms with Gasteiger partial charge in [-0.3, -0.25) is 0 Å². The molecule has 9 aromatic rings. The third kappa shape index (κ3) is 7.49. The van der Waals surface area contributed by atoms with Crippen molar-refractivity contribution in [1.82, 2.24) is 9.55 Å². The molecule has 6 heteroatoms. The molecule has 7 aromatic carbocycles. The largest absolute Gasteiger partial charge is 0.509 e. The van der Waals surface area contributed by atoms with Gasteiger partial charge in [-0.1, -0.05) is 156 Å². The SMILES string of the molecule is [2H]c1cc(-c2ccccc2)c(N2[CH-]N(c3[c-]c(Oc4[c-]c5c(cc4)c4c([2H])c([2H])c([2H])c([2H])c4n5-c4cc(C(C)(C)C)ccn4)cc(C(C)(C)C)c3)c3ccccc32)c(-c2ccccc2)c1.[Pt]. The third-order valence-corrected chi connectivity index (χ3v) is 11.3. The van der Waals surface area contributed by atoms with E-state index in [9.17, 15) is 0 Å². The molecule has 0 aliphatic carbocycles. The summed E-state index contributed by atoms with van der Waals surface area (Å²) in [6.45, 7) is 14.9. The Morgan fingerprint density at radius 1 is 0.597 bits per heavy atom. The van der Waals surface area contributed by atoms with Crippen molar-refractivity contribution < 1.29 is 32.7 Å². The maximum absolute atomic E-state index is 9.08. The number of pyridine rings is 1. The minimum Gasteiger partial charge on any atom is -0.509 e. The van der Waals surface area contributed by atoms with E-state index in [0.717, 1.165) is 56.1 Å². The Bertz CT molecular complexity index is 3300. The standard InChI is InChI=1S/C56H47N4O.Pt/c1-55(2,3)40-30-31-57-53(34-40)60-49-25-14-13-22-47(49)48-29-28-43(36-52(48)60)61-44-33-41(56(4,5)6)32-42(35-44)58-37-59(51-27-16-15-26-50(51)58)54-45(38-18-9-7-10-19-38)23-17-24-46(54)39-20-11-8-12-21-39;/h7-34,37H,1-6H3;/q-3;/i13D,14D,17D,22D,25D;. The molecule has 2 aromatic heterocycles. The minimum atomic E-state index is -0.319. The maximum Gasteiger partial charge on any atom is 0.135 e. The van der Waals surface area contributed by atoms with Crippen LogP contribution in [-0.4, -0.2) is 9.55 Å². The molecule has 0 unspecified atom stereocenters. The first kappa shape index (κ1) is 35.2. The zero-order chi connectivity index (χ0) is 46.2. The fraction of sp³-hybridized carbons (Fsp3) is 0.143. The molecule has 10 rings (SSSR count). The average molecular weight is 992 g/mol. The zero-order valence-electron chi connectivity index (χ0n) is 40.4. The van der Waals surface area contributed by atoms with Crippen LogP contribution in [0.2, 0.25) is 0 Å². The molecule has 1 aliphatic heterocycles. The van der Waals surface area contributed by atoms with E-state index in [-0.39, 0.29) is 56.1 Å². The van der Waals surface area contributed by atoms with Crippen molar-refractivity contribution >= 4 is 44.6 Å². The summed E-state index contributed by atoms with van der Waals surface area (Å²) in [7, 11) is 0. The second-order valence-corrected chi connectivity index (χ2v) is 17.5. The summed E-state index contributed by atoms with van der Waals surface area (Å²) < 4.78 is 52.8. The minimum absolute atomic E-state index is 0. The normalized spacial score (nSPS) is 13.9. The monoisotopic (exact) mass is 991 g/mol. The molecule has 0 saturated carbocycles. The van der Waals surface area contributed by atoms with Crippen LogP contribution in [0.3, 0.4) is 0 Å². The number of benzene rings is 7. The van der Waals surface area contributed by atoms with Crippen molar-refractivity contribution in [2.24, 2.45) is 0 Å². The number of para-hydroxylation sites is 4. The van der Waals surface area contributed by atoms with Crippen LogP contribution in [0.5, 0.6) is 11.5 Å². The van der Waals surface area contributed by atoms with Gasteiger partial charge in [0.2, 0.25) is 0 Å². The summed E-state index contributed by atoms with van der Waals surface area (Å²) in [6.07, 6.45) is 1.73. The predicted molar refractivity (Wildman–Crippen MR) is 252 cm³/mol. The summed E-state index contributed by atoms with van der Waals surface area (Å²) in [5.41, 5.74) is 9.88. The van der Waals surface area contributed by atoms with Gasteiger partial charge >= 0.3 is 0 Å². The number of fused-ring (bicyclic) bond motifs is 4. The summed E-state index contributed by atoms with van der Waals surface area (Å²) in [4.78, 5) is 9.09. The number of nitrogens with zero attached hydrogens (tertiary/aromatic N) is 4. The van der Waals surface area contributed by atoms with Crippen LogP contribution in [0.15, 0.2) is 170 Å². The van der Waals surface area contributed by atoms with E-state index >= 15 is 0 Å². The predicted octanol–water partition coefficient (Wildman–Crippen LogP) is 14.9. The van der Waals surface area contributed by atoms with Crippen LogP contribution < -0.4 is 14.5 Å². The van der Waals surface area contributed by atoms with Gasteiger partial charge < -0.3 is 19.1 Å². The van der Waals surface area contributed by atoms with Gasteiger partial charge in [0.1, 0.15) is 5.82 Å². The fourth-order valence-corrected chi connectivity index (χ4v) is 8.09. The van der Waals surface area contributed by atoms with Crippen molar-refractivity contribution in [2.75, 3.05) is 9.80 Å². The molecular weight excluding hydrogens is 940 g/mol. The summed E-state index contributed by atoms with van der Waals surface area (Å²) in [5.74, 6) is 1.36. The van der Waals surface area contributed by atoms with Crippen molar-refractivity contribution in [1.29, 1.82) is 0 Å². The summed E-state index contributed by atoms with van der Waals surface area (Å²) >= 11 is 0. The molecule has 3 heterocycles. The fourth-order valence-electron chi connectivity index (χ4n) is 8.09. The molecule has 0 bridgehead atoms. The van der Waals surface area contributed by atoms with Gasteiger partial charge in [0.15, 0.2) is 0 Å². The molecule has 0 atom stereocenters. The van der Waals surface area contributed by atoms with Crippen LogP contribution in [0.1, 0.15) is 59.5 Å². The molecule has 1 aliphatic rings. The molecule has 0 N–H and O–H groups in total. The second kappa shape index (κ2) is 16.1. The topological polar surface area (TPSA) is 33.5 Å². The maximum atomic E-state index is 9.08. The third-order valence-electron chi connectivity index (χ3n) is 11.3. The molecule has 0 radical (unpaired) electrons. The number of hydrogen-bond acceptors (Lipinski definition) is 4. The Hall–Kier alpha value is -6.42. The van der Waals surface area contributed by atoms with E-state index in [2.05, 4.69) is 113 Å². The van der Waals surface area contributed by atoms with E-state index in [1.165, 1.54) is 0 Å². The van der Waals surface area contributed by atoms with Crippen LogP contribution >= 0.6 is 0 Å². The molecule has 0 amide bonds. The first-order chi connectivity index (χ1) is 31.6. The second-order valence-electron chi connectivity index (χ2n) is 17.5. The van der Waals surface area contributed by atoms with Crippen molar-refractivity contribution in [2.45, 2.75) is 52.4 Å². The van der Waals surface area contributed by atoms with Crippen molar-refractivity contribution in [3.63, 3.8) is 0 Å². The first-order valence-electron chi connectivity index (χ1n) is 23.0. The van der Waals surface area contributed by atoms with Crippen LogP contribution in [0, 0.1) is 18.8 Å². The quantitative estimate of drug-likeness (QED) is 0.149. The Balaban J connectivity index is 0.00000562. The van der Waals surface area contributed by atoms with E-state index in [1.54, 1.807) is 16.8 Å². The van der Waals surface area contributed by atoms with Gasteiger partial charge in [0.25, 0.3) is 0 Å². The molecule has 62 heavy (non-hydrogen) atoms. The Morgan fingerprint density at radius 2 is 1.23 bits per heavy atom. The number of anilines is 4. The Labute approximate surface area is 386 Å². The summed E-state index contributed by atoms with van der Waals surface area (Å²) in [5, 5.41) is 0.994. The smallest absolute Gasteiger partial charge is 0.135 e. The van der Waals surface area contributed by atoms with Crippen LogP contribution in [0.25, 0.3) is 49.9 Å². The van der Waals surface area contributed by atoms with Gasteiger partial charge in [-0.2, -0.15) is 6.07 Å². The Kier molecular flexibility index (Phi) is 9.15. The van der Waals surface area contributed by atoms with Gasteiger partial charge in [-0.05, 0) is 63.2 Å². The number of ether oxygens (including phenoxy) is 1. The van der Waals surface area contributed by atoms with E-state index in [4.69, 9.17) is 16.6 Å². The number of hydrogen-bond donors (Lipinski definition) is 0. The average Bonchev–Trinajstić information content (AvgIpc) is 3.86. The van der Waals surface area contributed by atoms with Crippen LogP contribution in [-0.2, 0) is 31.9 Å². The van der Waals surface area contributed by atoms with Gasteiger partial charge in [0.05, 0.1) is 6.85 Å². The van der Waals surface area contributed by atoms with Gasteiger partial charge in [-0.15, -0.1) is 53.6 Å². The van der Waals surface area contributed by atoms with Gasteiger partial charge in [0, 0.05) is 72.5 Å². The first-order valence-corrected chi connectivity index (χ1v) is 20.5.